The maximum atomic E-state index is 3.78. The summed E-state index contributed by atoms with van der Waals surface area (Å²) in [6.45, 7) is 4.58. The molecule has 1 fully saturated rings. The van der Waals surface area contributed by atoms with E-state index in [0.717, 1.165) is 18.0 Å². The quantitative estimate of drug-likeness (QED) is 0.827. The minimum Gasteiger partial charge on any atom is -0.311 e. The highest BCUT2D eigenvalue weighted by atomic mass is 79.9. The summed E-state index contributed by atoms with van der Waals surface area (Å²) in [5.74, 6) is 0.843. The Morgan fingerprint density at radius 1 is 1.17 bits per heavy atom. The summed E-state index contributed by atoms with van der Waals surface area (Å²) in [5.41, 5.74) is 4.66. The van der Waals surface area contributed by atoms with Gasteiger partial charge in [0.25, 0.3) is 0 Å². The van der Waals surface area contributed by atoms with Crippen molar-refractivity contribution >= 4 is 15.9 Å². The smallest absolute Gasteiger partial charge is 0.0210 e. The highest BCUT2D eigenvalue weighted by Crippen LogP contribution is 2.36. The Morgan fingerprint density at radius 2 is 2.00 bits per heavy atom. The summed E-state index contributed by atoms with van der Waals surface area (Å²) in [6.07, 6.45) is 6.58. The van der Waals surface area contributed by atoms with Crippen LogP contribution in [0.15, 0.2) is 16.6 Å². The summed E-state index contributed by atoms with van der Waals surface area (Å²) < 4.78 is 1.31. The molecule has 0 saturated carbocycles. The van der Waals surface area contributed by atoms with Gasteiger partial charge in [-0.15, -0.1) is 0 Å². The molecule has 1 unspecified atom stereocenters. The number of halogens is 1. The van der Waals surface area contributed by atoms with Gasteiger partial charge in [0.2, 0.25) is 0 Å². The van der Waals surface area contributed by atoms with Gasteiger partial charge in [-0.1, -0.05) is 22.0 Å². The number of rotatable bonds is 1. The molecule has 1 saturated heterocycles. The molecule has 2 aliphatic rings. The average molecular weight is 308 g/mol. The van der Waals surface area contributed by atoms with Crippen molar-refractivity contribution in [3.8, 4) is 0 Å². The summed E-state index contributed by atoms with van der Waals surface area (Å²) in [4.78, 5) is 0. The van der Waals surface area contributed by atoms with Crippen LogP contribution in [0, 0.1) is 12.8 Å². The Hall–Kier alpha value is -0.340. The third-order valence-corrected chi connectivity index (χ3v) is 5.56. The number of aryl methyl sites for hydroxylation is 1. The molecule has 0 radical (unpaired) electrons. The second-order valence-electron chi connectivity index (χ2n) is 6.08. The summed E-state index contributed by atoms with van der Waals surface area (Å²) in [7, 11) is 0. The predicted octanol–water partition coefficient (Wildman–Crippen LogP) is 4.00. The summed E-state index contributed by atoms with van der Waals surface area (Å²) in [5, 5.41) is 3.78. The molecule has 98 valence electrons. The number of hydrogen-bond donors (Lipinski definition) is 1. The lowest BCUT2D eigenvalue weighted by atomic mass is 9.78. The van der Waals surface area contributed by atoms with E-state index in [1.807, 2.05) is 0 Å². The lowest BCUT2D eigenvalue weighted by molar-refractivity contribution is 0.341. The fourth-order valence-corrected chi connectivity index (χ4v) is 4.28. The van der Waals surface area contributed by atoms with Crippen molar-refractivity contribution in [2.24, 2.45) is 5.92 Å². The first-order chi connectivity index (χ1) is 8.65. The number of fused-ring (bicyclic) bond motifs is 1. The minimum atomic E-state index is 0.722. The van der Waals surface area contributed by atoms with E-state index >= 15 is 0 Å². The van der Waals surface area contributed by atoms with Crippen LogP contribution in [-0.2, 0) is 12.8 Å². The topological polar surface area (TPSA) is 12.0 Å². The van der Waals surface area contributed by atoms with Gasteiger partial charge in [-0.2, -0.15) is 0 Å². The fraction of sp³-hybridized carbons (Fsp3) is 0.625. The first kappa shape index (κ1) is 12.7. The zero-order chi connectivity index (χ0) is 12.7. The van der Waals surface area contributed by atoms with E-state index in [-0.39, 0.29) is 0 Å². The van der Waals surface area contributed by atoms with E-state index in [1.54, 1.807) is 11.1 Å². The second kappa shape index (κ2) is 4.97. The van der Waals surface area contributed by atoms with Crippen LogP contribution < -0.4 is 5.32 Å². The van der Waals surface area contributed by atoms with Gasteiger partial charge in [0, 0.05) is 16.6 Å². The normalized spacial score (nSPS) is 31.4. The van der Waals surface area contributed by atoms with Crippen molar-refractivity contribution in [3.63, 3.8) is 0 Å². The molecular formula is C16H22BrN. The van der Waals surface area contributed by atoms with E-state index in [9.17, 15) is 0 Å². The molecule has 0 spiro atoms. The molecule has 1 aliphatic carbocycles. The molecule has 2 heteroatoms. The standard InChI is InChI=1S/C16H22BrN/c1-10-3-7-15(17)13-6-5-12(9-14(10)13)16-8-4-11(2)18-16/h3,7,11-12,16,18H,4-6,8-9H2,1-2H3/t11-,12?,16-/m1/s1. The monoisotopic (exact) mass is 307 g/mol. The molecule has 0 bridgehead atoms. The molecule has 3 atom stereocenters. The van der Waals surface area contributed by atoms with Crippen molar-refractivity contribution in [3.05, 3.63) is 33.3 Å². The molecule has 1 heterocycles. The molecule has 1 aromatic rings. The predicted molar refractivity (Wildman–Crippen MR) is 80.0 cm³/mol. The minimum absolute atomic E-state index is 0.722. The van der Waals surface area contributed by atoms with Crippen LogP contribution in [-0.4, -0.2) is 12.1 Å². The Balaban J connectivity index is 1.82. The van der Waals surface area contributed by atoms with Gasteiger partial charge < -0.3 is 5.32 Å². The molecule has 1 N–H and O–H groups in total. The van der Waals surface area contributed by atoms with Gasteiger partial charge in [0.1, 0.15) is 0 Å². The van der Waals surface area contributed by atoms with Crippen molar-refractivity contribution < 1.29 is 0 Å². The Labute approximate surface area is 118 Å². The first-order valence-corrected chi connectivity index (χ1v) is 7.97. The van der Waals surface area contributed by atoms with Gasteiger partial charge in [-0.05, 0) is 74.6 Å². The van der Waals surface area contributed by atoms with Crippen molar-refractivity contribution in [2.75, 3.05) is 0 Å². The van der Waals surface area contributed by atoms with Gasteiger partial charge in [-0.3, -0.25) is 0 Å². The highest BCUT2D eigenvalue weighted by Gasteiger charge is 2.31. The molecule has 1 aliphatic heterocycles. The van der Waals surface area contributed by atoms with E-state index in [2.05, 4.69) is 47.2 Å². The number of nitrogens with one attached hydrogen (secondary N) is 1. The molecular weight excluding hydrogens is 286 g/mol. The van der Waals surface area contributed by atoms with Crippen LogP contribution in [0.25, 0.3) is 0 Å². The second-order valence-corrected chi connectivity index (χ2v) is 6.93. The average Bonchev–Trinajstić information content (AvgIpc) is 2.80. The van der Waals surface area contributed by atoms with Crippen LogP contribution in [0.1, 0.15) is 42.9 Å². The van der Waals surface area contributed by atoms with Gasteiger partial charge in [0.05, 0.1) is 0 Å². The van der Waals surface area contributed by atoms with Crippen LogP contribution in [0.3, 0.4) is 0 Å². The van der Waals surface area contributed by atoms with E-state index in [4.69, 9.17) is 0 Å². The Kier molecular flexibility index (Phi) is 3.50. The SMILES string of the molecule is Cc1ccc(Br)c2c1CC([C@H]1CC[C@@H](C)N1)CC2. The third kappa shape index (κ3) is 2.25. The molecule has 0 amide bonds. The van der Waals surface area contributed by atoms with Gasteiger partial charge >= 0.3 is 0 Å². The molecule has 0 aromatic heterocycles. The fourth-order valence-electron chi connectivity index (χ4n) is 3.71. The zero-order valence-electron chi connectivity index (χ0n) is 11.3. The number of benzene rings is 1. The summed E-state index contributed by atoms with van der Waals surface area (Å²) in [6, 6.07) is 5.95. The summed E-state index contributed by atoms with van der Waals surface area (Å²) >= 11 is 3.71. The van der Waals surface area contributed by atoms with Crippen LogP contribution in [0.5, 0.6) is 0 Å². The third-order valence-electron chi connectivity index (χ3n) is 4.82. The lowest BCUT2D eigenvalue weighted by Gasteiger charge is -2.31. The molecule has 3 rings (SSSR count). The van der Waals surface area contributed by atoms with E-state index in [0.29, 0.717) is 0 Å². The Bertz CT molecular complexity index is 455. The molecule has 18 heavy (non-hydrogen) atoms. The Morgan fingerprint density at radius 3 is 2.72 bits per heavy atom. The van der Waals surface area contributed by atoms with Crippen molar-refractivity contribution in [1.29, 1.82) is 0 Å². The van der Waals surface area contributed by atoms with E-state index in [1.165, 1.54) is 42.1 Å². The molecule has 1 nitrogen and oxygen atoms in total. The largest absolute Gasteiger partial charge is 0.311 e. The first-order valence-electron chi connectivity index (χ1n) is 7.18. The van der Waals surface area contributed by atoms with Gasteiger partial charge in [0.15, 0.2) is 0 Å². The lowest BCUT2D eigenvalue weighted by Crippen LogP contribution is -2.37. The van der Waals surface area contributed by atoms with Crippen LogP contribution >= 0.6 is 15.9 Å². The maximum absolute atomic E-state index is 3.78. The van der Waals surface area contributed by atoms with Crippen LogP contribution in [0.2, 0.25) is 0 Å². The number of hydrogen-bond acceptors (Lipinski definition) is 1. The zero-order valence-corrected chi connectivity index (χ0v) is 12.9. The highest BCUT2D eigenvalue weighted by molar-refractivity contribution is 9.10. The maximum Gasteiger partial charge on any atom is 0.0210 e. The van der Waals surface area contributed by atoms with Crippen molar-refractivity contribution in [1.82, 2.24) is 5.32 Å². The molecule has 1 aromatic carbocycles. The van der Waals surface area contributed by atoms with E-state index < -0.39 is 0 Å². The van der Waals surface area contributed by atoms with Crippen LogP contribution in [0.4, 0.5) is 0 Å². The van der Waals surface area contributed by atoms with Gasteiger partial charge in [-0.25, -0.2) is 0 Å². The van der Waals surface area contributed by atoms with Crippen molar-refractivity contribution in [2.45, 2.75) is 58.0 Å².